The number of amides is 1. The fourth-order valence-corrected chi connectivity index (χ4v) is 4.25. The molecule has 8 heteroatoms. The molecular weight excluding hydrogens is 396 g/mol. The van der Waals surface area contributed by atoms with Crippen molar-refractivity contribution in [2.45, 2.75) is 71.9 Å². The van der Waals surface area contributed by atoms with Crippen LogP contribution in [0.3, 0.4) is 0 Å². The highest BCUT2D eigenvalue weighted by Gasteiger charge is 2.32. The molecule has 0 saturated heterocycles. The van der Waals surface area contributed by atoms with Crippen LogP contribution in [0.15, 0.2) is 27.8 Å². The Morgan fingerprint density at radius 2 is 1.84 bits per heavy atom. The summed E-state index contributed by atoms with van der Waals surface area (Å²) in [5, 5.41) is 0. The molecule has 0 bridgehead atoms. The first-order chi connectivity index (χ1) is 14.8. The van der Waals surface area contributed by atoms with Crippen LogP contribution < -0.4 is 26.6 Å². The van der Waals surface area contributed by atoms with E-state index < -0.39 is 11.2 Å². The minimum Gasteiger partial charge on any atom is -0.484 e. The number of rotatable bonds is 8. The quantitative estimate of drug-likeness (QED) is 0.672. The zero-order valence-corrected chi connectivity index (χ0v) is 18.6. The number of unbranched alkanes of at least 4 members (excludes halogenated alkanes) is 1. The van der Waals surface area contributed by atoms with Gasteiger partial charge in [0.05, 0.1) is 0 Å². The molecule has 0 unspecified atom stereocenters. The minimum absolute atomic E-state index is 0.0360. The Bertz CT molecular complexity index is 1030. The van der Waals surface area contributed by atoms with Gasteiger partial charge in [0.25, 0.3) is 11.5 Å². The van der Waals surface area contributed by atoms with Crippen molar-refractivity contribution in [1.82, 2.24) is 9.55 Å². The van der Waals surface area contributed by atoms with Crippen LogP contribution in [0, 0.1) is 13.8 Å². The lowest BCUT2D eigenvalue weighted by atomic mass is 10.1. The normalized spacial score (nSPS) is 14.0. The standard InChI is InChI=1S/C23H32N4O4/c1-4-5-10-26-21(24)20(22(29)25-23(26)30)27(17-8-6-7-9-17)19(28)14-31-18-12-15(2)11-16(3)13-18/h11-13,17H,4-10,14,24H2,1-3H3,(H,25,29,30). The lowest BCUT2D eigenvalue weighted by molar-refractivity contribution is -0.121. The molecule has 1 heterocycles. The van der Waals surface area contributed by atoms with Gasteiger partial charge >= 0.3 is 5.69 Å². The monoisotopic (exact) mass is 428 g/mol. The smallest absolute Gasteiger partial charge is 0.330 e. The predicted molar refractivity (Wildman–Crippen MR) is 122 cm³/mol. The number of ether oxygens (including phenoxy) is 1. The van der Waals surface area contributed by atoms with Gasteiger partial charge in [0, 0.05) is 12.6 Å². The maximum Gasteiger partial charge on any atom is 0.330 e. The average Bonchev–Trinajstić information content (AvgIpc) is 3.22. The van der Waals surface area contributed by atoms with Crippen LogP contribution in [0.1, 0.15) is 56.6 Å². The van der Waals surface area contributed by atoms with E-state index in [9.17, 15) is 14.4 Å². The van der Waals surface area contributed by atoms with E-state index in [-0.39, 0.29) is 30.1 Å². The first kappa shape index (κ1) is 22.7. The number of H-pyrrole nitrogens is 1. The number of anilines is 2. The molecule has 3 N–H and O–H groups in total. The van der Waals surface area contributed by atoms with Crippen LogP contribution in [-0.2, 0) is 11.3 Å². The molecule has 2 aromatic rings. The summed E-state index contributed by atoms with van der Waals surface area (Å²) in [5.41, 5.74) is 7.23. The van der Waals surface area contributed by atoms with E-state index in [1.165, 1.54) is 9.47 Å². The van der Waals surface area contributed by atoms with Crippen molar-refractivity contribution >= 4 is 17.4 Å². The molecule has 1 aromatic heterocycles. The second-order valence-corrected chi connectivity index (χ2v) is 8.31. The van der Waals surface area contributed by atoms with Gasteiger partial charge < -0.3 is 10.5 Å². The van der Waals surface area contributed by atoms with Crippen LogP contribution in [0.2, 0.25) is 0 Å². The number of aromatic amines is 1. The number of nitrogens with two attached hydrogens (primary N) is 1. The van der Waals surface area contributed by atoms with E-state index in [2.05, 4.69) is 4.98 Å². The fourth-order valence-electron chi connectivity index (χ4n) is 4.25. The predicted octanol–water partition coefficient (Wildman–Crippen LogP) is 2.89. The summed E-state index contributed by atoms with van der Waals surface area (Å²) in [5.74, 6) is 0.296. The van der Waals surface area contributed by atoms with Gasteiger partial charge in [0.15, 0.2) is 12.3 Å². The van der Waals surface area contributed by atoms with Gasteiger partial charge in [-0.1, -0.05) is 32.3 Å². The molecule has 1 aromatic carbocycles. The molecule has 0 radical (unpaired) electrons. The first-order valence-corrected chi connectivity index (χ1v) is 11.0. The van der Waals surface area contributed by atoms with Crippen LogP contribution >= 0.6 is 0 Å². The molecule has 1 aliphatic carbocycles. The summed E-state index contributed by atoms with van der Waals surface area (Å²) in [4.78, 5) is 42.2. The van der Waals surface area contributed by atoms with Gasteiger partial charge in [0.1, 0.15) is 11.6 Å². The number of nitrogen functional groups attached to an aromatic ring is 1. The van der Waals surface area contributed by atoms with E-state index in [0.29, 0.717) is 12.3 Å². The Hall–Kier alpha value is -3.03. The number of aromatic nitrogens is 2. The number of nitrogens with one attached hydrogen (secondary N) is 1. The third kappa shape index (κ3) is 5.18. The summed E-state index contributed by atoms with van der Waals surface area (Å²) in [7, 11) is 0. The Morgan fingerprint density at radius 1 is 1.19 bits per heavy atom. The van der Waals surface area contributed by atoms with E-state index >= 15 is 0 Å². The summed E-state index contributed by atoms with van der Waals surface area (Å²) in [6.45, 7) is 6.11. The van der Waals surface area contributed by atoms with E-state index in [0.717, 1.165) is 49.7 Å². The van der Waals surface area contributed by atoms with Crippen molar-refractivity contribution in [2.75, 3.05) is 17.2 Å². The third-order valence-corrected chi connectivity index (χ3v) is 5.71. The van der Waals surface area contributed by atoms with E-state index in [1.807, 2.05) is 39.0 Å². The lowest BCUT2D eigenvalue weighted by Gasteiger charge is -2.30. The largest absolute Gasteiger partial charge is 0.484 e. The molecule has 1 amide bonds. The number of benzene rings is 1. The van der Waals surface area contributed by atoms with Crippen LogP contribution in [0.5, 0.6) is 5.75 Å². The first-order valence-electron chi connectivity index (χ1n) is 11.0. The maximum absolute atomic E-state index is 13.3. The molecular formula is C23H32N4O4. The number of hydrogen-bond acceptors (Lipinski definition) is 5. The molecule has 3 rings (SSSR count). The van der Waals surface area contributed by atoms with Crippen LogP contribution in [0.25, 0.3) is 0 Å². The molecule has 1 saturated carbocycles. The van der Waals surface area contributed by atoms with Crippen LogP contribution in [-0.4, -0.2) is 28.1 Å². The van der Waals surface area contributed by atoms with Crippen molar-refractivity contribution in [3.63, 3.8) is 0 Å². The van der Waals surface area contributed by atoms with Gasteiger partial charge in [-0.3, -0.25) is 24.0 Å². The molecule has 31 heavy (non-hydrogen) atoms. The lowest BCUT2D eigenvalue weighted by Crippen LogP contribution is -2.47. The van der Waals surface area contributed by atoms with Crippen molar-refractivity contribution in [2.24, 2.45) is 0 Å². The fraction of sp³-hybridized carbons (Fsp3) is 0.522. The number of carbonyl (C=O) groups is 1. The van der Waals surface area contributed by atoms with Gasteiger partial charge in [-0.05, 0) is 56.4 Å². The summed E-state index contributed by atoms with van der Waals surface area (Å²) in [6.07, 6.45) is 5.11. The molecule has 168 valence electrons. The van der Waals surface area contributed by atoms with Crippen molar-refractivity contribution in [3.8, 4) is 5.75 Å². The van der Waals surface area contributed by atoms with Crippen molar-refractivity contribution in [3.05, 3.63) is 50.2 Å². The van der Waals surface area contributed by atoms with Gasteiger partial charge in [-0.15, -0.1) is 0 Å². The third-order valence-electron chi connectivity index (χ3n) is 5.71. The number of nitrogens with zero attached hydrogens (tertiary/aromatic N) is 2. The van der Waals surface area contributed by atoms with Gasteiger partial charge in [-0.2, -0.15) is 0 Å². The maximum atomic E-state index is 13.3. The minimum atomic E-state index is -0.637. The van der Waals surface area contributed by atoms with Gasteiger partial charge in [-0.25, -0.2) is 4.79 Å². The zero-order valence-electron chi connectivity index (χ0n) is 18.6. The average molecular weight is 429 g/mol. The van der Waals surface area contributed by atoms with Crippen molar-refractivity contribution < 1.29 is 9.53 Å². The number of aryl methyl sites for hydroxylation is 2. The highest BCUT2D eigenvalue weighted by atomic mass is 16.5. The second kappa shape index (κ2) is 9.85. The summed E-state index contributed by atoms with van der Waals surface area (Å²) in [6, 6.07) is 5.62. The molecule has 0 aliphatic heterocycles. The zero-order chi connectivity index (χ0) is 22.5. The van der Waals surface area contributed by atoms with Crippen molar-refractivity contribution in [1.29, 1.82) is 0 Å². The Morgan fingerprint density at radius 3 is 2.45 bits per heavy atom. The molecule has 8 nitrogen and oxygen atoms in total. The van der Waals surface area contributed by atoms with E-state index in [1.54, 1.807) is 0 Å². The Kier molecular flexibility index (Phi) is 7.20. The number of hydrogen-bond donors (Lipinski definition) is 2. The molecule has 1 aliphatic rings. The van der Waals surface area contributed by atoms with E-state index in [4.69, 9.17) is 10.5 Å². The Balaban J connectivity index is 1.95. The van der Waals surface area contributed by atoms with Gasteiger partial charge in [0.2, 0.25) is 0 Å². The topological polar surface area (TPSA) is 110 Å². The number of carbonyl (C=O) groups excluding carboxylic acids is 1. The Labute approximate surface area is 182 Å². The highest BCUT2D eigenvalue weighted by molar-refractivity contribution is 5.97. The summed E-state index contributed by atoms with van der Waals surface area (Å²) >= 11 is 0. The summed E-state index contributed by atoms with van der Waals surface area (Å²) < 4.78 is 7.12. The molecule has 0 atom stereocenters. The SMILES string of the molecule is CCCCn1c(N)c(N(C(=O)COc2cc(C)cc(C)c2)C2CCCC2)c(=O)[nH]c1=O. The van der Waals surface area contributed by atoms with Crippen LogP contribution in [0.4, 0.5) is 11.5 Å². The second-order valence-electron chi connectivity index (χ2n) is 8.31. The molecule has 0 spiro atoms. The highest BCUT2D eigenvalue weighted by Crippen LogP contribution is 2.29. The molecule has 1 fully saturated rings.